The van der Waals surface area contributed by atoms with Crippen LogP contribution in [0.1, 0.15) is 10.5 Å². The number of carbonyl (C=O) groups is 1. The van der Waals surface area contributed by atoms with Gasteiger partial charge in [-0.25, -0.2) is 4.79 Å². The van der Waals surface area contributed by atoms with Gasteiger partial charge in [0.2, 0.25) is 0 Å². The number of halogens is 1. The van der Waals surface area contributed by atoms with Crippen LogP contribution in [-0.2, 0) is 0 Å². The van der Waals surface area contributed by atoms with Crippen molar-refractivity contribution in [1.82, 2.24) is 15.4 Å². The summed E-state index contributed by atoms with van der Waals surface area (Å²) in [4.78, 5) is 10.8. The van der Waals surface area contributed by atoms with Gasteiger partial charge in [0.1, 0.15) is 5.69 Å². The molecule has 0 aliphatic carbocycles. The maximum atomic E-state index is 10.8. The molecule has 0 bridgehead atoms. The zero-order valence-corrected chi connectivity index (χ0v) is 9.02. The second-order valence-electron chi connectivity index (χ2n) is 2.83. The standard InChI is InChI=1S/C9H6BrN3O2/c10-6-3-1-5(2-4-6)7-8(9(14)15)12-13-11-7/h1-4H,(H,14,15)(H,11,12,13). The van der Waals surface area contributed by atoms with E-state index in [4.69, 9.17) is 5.11 Å². The van der Waals surface area contributed by atoms with Crippen molar-refractivity contribution in [2.75, 3.05) is 0 Å². The van der Waals surface area contributed by atoms with E-state index in [0.29, 0.717) is 11.3 Å². The van der Waals surface area contributed by atoms with Gasteiger partial charge >= 0.3 is 5.97 Å². The van der Waals surface area contributed by atoms with Crippen LogP contribution in [0.25, 0.3) is 11.3 Å². The van der Waals surface area contributed by atoms with E-state index in [1.807, 2.05) is 12.1 Å². The van der Waals surface area contributed by atoms with Gasteiger partial charge in [0.25, 0.3) is 0 Å². The fraction of sp³-hybridized carbons (Fsp3) is 0. The molecule has 6 heteroatoms. The normalized spacial score (nSPS) is 10.2. The van der Waals surface area contributed by atoms with Gasteiger partial charge < -0.3 is 5.11 Å². The van der Waals surface area contributed by atoms with Gasteiger partial charge in [-0.1, -0.05) is 28.1 Å². The zero-order chi connectivity index (χ0) is 10.8. The zero-order valence-electron chi connectivity index (χ0n) is 7.44. The highest BCUT2D eigenvalue weighted by atomic mass is 79.9. The number of aromatic carboxylic acids is 1. The minimum Gasteiger partial charge on any atom is -0.476 e. The first kappa shape index (κ1) is 9.85. The first-order chi connectivity index (χ1) is 7.18. The second kappa shape index (κ2) is 3.82. The molecule has 0 spiro atoms. The lowest BCUT2D eigenvalue weighted by molar-refractivity contribution is 0.0691. The maximum absolute atomic E-state index is 10.8. The molecule has 2 aromatic rings. The molecule has 0 saturated heterocycles. The Bertz CT molecular complexity index is 492. The molecule has 5 nitrogen and oxygen atoms in total. The first-order valence-corrected chi connectivity index (χ1v) is 4.88. The molecule has 0 amide bonds. The average Bonchev–Trinajstić information content (AvgIpc) is 2.67. The summed E-state index contributed by atoms with van der Waals surface area (Å²) in [6, 6.07) is 7.17. The summed E-state index contributed by atoms with van der Waals surface area (Å²) in [6.07, 6.45) is 0. The van der Waals surface area contributed by atoms with Crippen molar-refractivity contribution >= 4 is 21.9 Å². The molecule has 76 valence electrons. The van der Waals surface area contributed by atoms with Crippen LogP contribution in [0.3, 0.4) is 0 Å². The highest BCUT2D eigenvalue weighted by Gasteiger charge is 2.16. The lowest BCUT2D eigenvalue weighted by Crippen LogP contribution is -1.99. The van der Waals surface area contributed by atoms with Gasteiger partial charge in [-0.2, -0.15) is 10.3 Å². The fourth-order valence-electron chi connectivity index (χ4n) is 1.19. The number of benzene rings is 1. The van der Waals surface area contributed by atoms with Crippen LogP contribution < -0.4 is 0 Å². The molecule has 0 aliphatic heterocycles. The number of aromatic amines is 1. The van der Waals surface area contributed by atoms with Crippen LogP contribution in [0, 0.1) is 0 Å². The number of nitrogens with zero attached hydrogens (tertiary/aromatic N) is 2. The molecule has 0 aliphatic rings. The van der Waals surface area contributed by atoms with Crippen molar-refractivity contribution in [2.24, 2.45) is 0 Å². The van der Waals surface area contributed by atoms with E-state index in [1.54, 1.807) is 12.1 Å². The number of hydrogen-bond acceptors (Lipinski definition) is 3. The summed E-state index contributed by atoms with van der Waals surface area (Å²) in [5.74, 6) is -1.10. The van der Waals surface area contributed by atoms with E-state index >= 15 is 0 Å². The Labute approximate surface area is 93.3 Å². The minimum atomic E-state index is -1.10. The van der Waals surface area contributed by atoms with Crippen molar-refractivity contribution in [3.05, 3.63) is 34.4 Å². The third kappa shape index (κ3) is 1.89. The number of rotatable bonds is 2. The van der Waals surface area contributed by atoms with Crippen LogP contribution in [0.15, 0.2) is 28.7 Å². The number of aromatic nitrogens is 3. The fourth-order valence-corrected chi connectivity index (χ4v) is 1.45. The van der Waals surface area contributed by atoms with Crippen molar-refractivity contribution in [3.63, 3.8) is 0 Å². The van der Waals surface area contributed by atoms with Gasteiger partial charge in [0.05, 0.1) is 0 Å². The molecular formula is C9H6BrN3O2. The number of nitrogens with one attached hydrogen (secondary N) is 1. The van der Waals surface area contributed by atoms with Crippen molar-refractivity contribution < 1.29 is 9.90 Å². The van der Waals surface area contributed by atoms with Crippen molar-refractivity contribution in [2.45, 2.75) is 0 Å². The monoisotopic (exact) mass is 267 g/mol. The second-order valence-corrected chi connectivity index (χ2v) is 3.75. The molecule has 1 aromatic heterocycles. The van der Waals surface area contributed by atoms with Crippen molar-refractivity contribution in [1.29, 1.82) is 0 Å². The Hall–Kier alpha value is -1.69. The predicted molar refractivity (Wildman–Crippen MR) is 56.5 cm³/mol. The summed E-state index contributed by atoms with van der Waals surface area (Å²) < 4.78 is 0.923. The van der Waals surface area contributed by atoms with Gasteiger partial charge in [-0.15, -0.1) is 5.10 Å². The van der Waals surface area contributed by atoms with E-state index in [1.165, 1.54) is 0 Å². The summed E-state index contributed by atoms with van der Waals surface area (Å²) in [6.45, 7) is 0. The molecule has 0 atom stereocenters. The van der Waals surface area contributed by atoms with Gasteiger partial charge in [-0.3, -0.25) is 0 Å². The Morgan fingerprint density at radius 3 is 2.53 bits per heavy atom. The maximum Gasteiger partial charge on any atom is 0.358 e. The third-order valence-electron chi connectivity index (χ3n) is 1.87. The summed E-state index contributed by atoms with van der Waals surface area (Å²) >= 11 is 3.30. The van der Waals surface area contributed by atoms with Crippen LogP contribution in [0.5, 0.6) is 0 Å². The van der Waals surface area contributed by atoms with E-state index in [-0.39, 0.29) is 5.69 Å². The highest BCUT2D eigenvalue weighted by Crippen LogP contribution is 2.21. The van der Waals surface area contributed by atoms with Gasteiger partial charge in [0, 0.05) is 10.0 Å². The Morgan fingerprint density at radius 2 is 1.93 bits per heavy atom. The molecule has 2 rings (SSSR count). The Kier molecular flexibility index (Phi) is 2.51. The molecular weight excluding hydrogens is 262 g/mol. The highest BCUT2D eigenvalue weighted by molar-refractivity contribution is 9.10. The smallest absolute Gasteiger partial charge is 0.358 e. The summed E-state index contributed by atoms with van der Waals surface area (Å²) in [7, 11) is 0. The van der Waals surface area contributed by atoms with E-state index < -0.39 is 5.97 Å². The van der Waals surface area contributed by atoms with Crippen molar-refractivity contribution in [3.8, 4) is 11.3 Å². The first-order valence-electron chi connectivity index (χ1n) is 4.08. The molecule has 15 heavy (non-hydrogen) atoms. The lowest BCUT2D eigenvalue weighted by Gasteiger charge is -1.97. The SMILES string of the molecule is O=C(O)c1n[nH]nc1-c1ccc(Br)cc1. The summed E-state index contributed by atoms with van der Waals surface area (Å²) in [5.41, 5.74) is 0.983. The van der Waals surface area contributed by atoms with Crippen LogP contribution in [0.2, 0.25) is 0 Å². The number of H-pyrrole nitrogens is 1. The average molecular weight is 268 g/mol. The van der Waals surface area contributed by atoms with Gasteiger partial charge in [-0.05, 0) is 12.1 Å². The van der Waals surface area contributed by atoms with Crippen LogP contribution >= 0.6 is 15.9 Å². The third-order valence-corrected chi connectivity index (χ3v) is 2.40. The van der Waals surface area contributed by atoms with E-state index in [9.17, 15) is 4.79 Å². The van der Waals surface area contributed by atoms with E-state index in [0.717, 1.165) is 4.47 Å². The quantitative estimate of drug-likeness (QED) is 0.872. The lowest BCUT2D eigenvalue weighted by atomic mass is 10.1. The van der Waals surface area contributed by atoms with Crippen LogP contribution in [0.4, 0.5) is 0 Å². The largest absolute Gasteiger partial charge is 0.476 e. The van der Waals surface area contributed by atoms with Gasteiger partial charge in [0.15, 0.2) is 5.69 Å². The number of carboxylic acids is 1. The molecule has 1 aromatic carbocycles. The molecule has 0 fully saturated rings. The molecule has 0 radical (unpaired) electrons. The number of carboxylic acid groups (broad SMARTS) is 1. The molecule has 0 unspecified atom stereocenters. The molecule has 0 saturated carbocycles. The van der Waals surface area contributed by atoms with E-state index in [2.05, 4.69) is 31.3 Å². The number of hydrogen-bond donors (Lipinski definition) is 2. The summed E-state index contributed by atoms with van der Waals surface area (Å²) in [5, 5.41) is 18.5. The Morgan fingerprint density at radius 1 is 1.27 bits per heavy atom. The molecule has 1 heterocycles. The predicted octanol–water partition coefficient (Wildman–Crippen LogP) is 1.93. The minimum absolute atomic E-state index is 0.0719. The topological polar surface area (TPSA) is 78.9 Å². The molecule has 2 N–H and O–H groups in total. The Balaban J connectivity index is 2.49. The van der Waals surface area contributed by atoms with Crippen LogP contribution in [-0.4, -0.2) is 26.5 Å².